The maximum absolute atomic E-state index is 11.0. The zero-order valence-corrected chi connectivity index (χ0v) is 8.16. The Bertz CT molecular complexity index is 223. The molecule has 1 fully saturated rings. The van der Waals surface area contributed by atoms with Crippen molar-refractivity contribution in [2.75, 3.05) is 17.4 Å². The van der Waals surface area contributed by atoms with E-state index in [4.69, 9.17) is 11.6 Å². The average molecular weight is 197 g/mol. The van der Waals surface area contributed by atoms with Crippen molar-refractivity contribution in [1.82, 2.24) is 0 Å². The van der Waals surface area contributed by atoms with Crippen LogP contribution in [0.4, 0.5) is 0 Å². The second-order valence-electron chi connectivity index (χ2n) is 3.29. The predicted octanol–water partition coefficient (Wildman–Crippen LogP) is 1.30. The van der Waals surface area contributed by atoms with Crippen LogP contribution in [0.25, 0.3) is 0 Å². The Morgan fingerprint density at radius 1 is 1.64 bits per heavy atom. The van der Waals surface area contributed by atoms with Crippen molar-refractivity contribution in [3.8, 4) is 0 Å². The minimum Gasteiger partial charge on any atom is -0.229 e. The molecule has 2 unspecified atom stereocenters. The molecule has 0 radical (unpaired) electrons. The van der Waals surface area contributed by atoms with Gasteiger partial charge in [0.2, 0.25) is 0 Å². The third-order valence-electron chi connectivity index (χ3n) is 2.32. The highest BCUT2D eigenvalue weighted by atomic mass is 35.5. The first-order chi connectivity index (χ1) is 5.05. The normalized spacial score (nSPS) is 32.0. The molecule has 0 spiro atoms. The molecule has 0 aromatic heterocycles. The van der Waals surface area contributed by atoms with Gasteiger partial charge in [-0.3, -0.25) is 0 Å². The lowest BCUT2D eigenvalue weighted by molar-refractivity contribution is 0.433. The molecule has 1 saturated heterocycles. The zero-order valence-electron chi connectivity index (χ0n) is 6.59. The first kappa shape index (κ1) is 9.33. The quantitative estimate of drug-likeness (QED) is 0.624. The highest BCUT2D eigenvalue weighted by Gasteiger charge is 2.30. The molecule has 0 saturated carbocycles. The number of rotatable bonds is 2. The van der Waals surface area contributed by atoms with Crippen LogP contribution in [0.15, 0.2) is 0 Å². The smallest absolute Gasteiger partial charge is 0.150 e. The molecule has 0 bridgehead atoms. The molecule has 1 heterocycles. The van der Waals surface area contributed by atoms with Crippen molar-refractivity contribution in [3.05, 3.63) is 0 Å². The zero-order chi connectivity index (χ0) is 8.48. The Morgan fingerprint density at radius 3 is 2.64 bits per heavy atom. The Labute approximate surface area is 72.9 Å². The molecule has 0 aromatic rings. The molecular formula is C7H13ClO2S. The van der Waals surface area contributed by atoms with Gasteiger partial charge >= 0.3 is 0 Å². The first-order valence-electron chi connectivity index (χ1n) is 3.81. The van der Waals surface area contributed by atoms with Crippen LogP contribution in [0, 0.1) is 11.8 Å². The van der Waals surface area contributed by atoms with Crippen LogP contribution in [0.2, 0.25) is 0 Å². The molecule has 0 aliphatic carbocycles. The third kappa shape index (κ3) is 2.34. The van der Waals surface area contributed by atoms with E-state index >= 15 is 0 Å². The standard InChI is InChI=1S/C7H13ClO2S/c1-6(4-8)7-2-3-11(9,10)5-7/h6-7H,2-5H2,1H3. The maximum atomic E-state index is 11.0. The van der Waals surface area contributed by atoms with Crippen molar-refractivity contribution < 1.29 is 8.42 Å². The fraction of sp³-hybridized carbons (Fsp3) is 1.00. The summed E-state index contributed by atoms with van der Waals surface area (Å²) in [5, 5.41) is 0. The SMILES string of the molecule is CC(CCl)C1CCS(=O)(=O)C1. The van der Waals surface area contributed by atoms with Crippen LogP contribution < -0.4 is 0 Å². The Balaban J connectivity index is 2.55. The van der Waals surface area contributed by atoms with Crippen molar-refractivity contribution in [2.45, 2.75) is 13.3 Å². The number of hydrogen-bond acceptors (Lipinski definition) is 2. The van der Waals surface area contributed by atoms with E-state index in [1.165, 1.54) is 0 Å². The van der Waals surface area contributed by atoms with Crippen molar-refractivity contribution in [3.63, 3.8) is 0 Å². The highest BCUT2D eigenvalue weighted by Crippen LogP contribution is 2.26. The topological polar surface area (TPSA) is 34.1 Å². The van der Waals surface area contributed by atoms with Crippen molar-refractivity contribution in [1.29, 1.82) is 0 Å². The minimum absolute atomic E-state index is 0.303. The molecule has 0 N–H and O–H groups in total. The number of hydrogen-bond donors (Lipinski definition) is 0. The summed E-state index contributed by atoms with van der Waals surface area (Å²) >= 11 is 5.63. The van der Waals surface area contributed by atoms with Gasteiger partial charge in [0.05, 0.1) is 11.5 Å². The summed E-state index contributed by atoms with van der Waals surface area (Å²) in [4.78, 5) is 0. The van der Waals surface area contributed by atoms with E-state index in [9.17, 15) is 8.42 Å². The van der Waals surface area contributed by atoms with Crippen LogP contribution in [0.1, 0.15) is 13.3 Å². The lowest BCUT2D eigenvalue weighted by atomic mass is 9.96. The summed E-state index contributed by atoms with van der Waals surface area (Å²) < 4.78 is 22.0. The van der Waals surface area contributed by atoms with Crippen LogP contribution in [-0.4, -0.2) is 25.8 Å². The Morgan fingerprint density at radius 2 is 2.27 bits per heavy atom. The van der Waals surface area contributed by atoms with Gasteiger partial charge in [-0.15, -0.1) is 11.6 Å². The molecular weight excluding hydrogens is 184 g/mol. The van der Waals surface area contributed by atoms with Gasteiger partial charge in [0.15, 0.2) is 9.84 Å². The summed E-state index contributed by atoms with van der Waals surface area (Å²) in [6.45, 7) is 2.01. The van der Waals surface area contributed by atoms with Crippen molar-refractivity contribution in [2.24, 2.45) is 11.8 Å². The summed E-state index contributed by atoms with van der Waals surface area (Å²) in [6, 6.07) is 0. The van der Waals surface area contributed by atoms with Gasteiger partial charge in [-0.1, -0.05) is 6.92 Å². The van der Waals surface area contributed by atoms with Gasteiger partial charge < -0.3 is 0 Å². The minimum atomic E-state index is -2.71. The van der Waals surface area contributed by atoms with E-state index in [0.29, 0.717) is 29.2 Å². The summed E-state index contributed by atoms with van der Waals surface area (Å²) in [7, 11) is -2.71. The van der Waals surface area contributed by atoms with Gasteiger partial charge in [-0.25, -0.2) is 8.42 Å². The molecule has 66 valence electrons. The van der Waals surface area contributed by atoms with E-state index < -0.39 is 9.84 Å². The van der Waals surface area contributed by atoms with E-state index in [2.05, 4.69) is 0 Å². The molecule has 0 aromatic carbocycles. The van der Waals surface area contributed by atoms with Gasteiger partial charge in [-0.05, 0) is 18.3 Å². The third-order valence-corrected chi connectivity index (χ3v) is 4.60. The van der Waals surface area contributed by atoms with Crippen LogP contribution in [0.5, 0.6) is 0 Å². The summed E-state index contributed by atoms with van der Waals surface area (Å²) in [5.41, 5.74) is 0. The molecule has 2 atom stereocenters. The second kappa shape index (κ2) is 3.31. The number of halogens is 1. The molecule has 1 aliphatic heterocycles. The van der Waals surface area contributed by atoms with Crippen molar-refractivity contribution >= 4 is 21.4 Å². The average Bonchev–Trinajstić information content (AvgIpc) is 2.29. The van der Waals surface area contributed by atoms with Crippen LogP contribution in [0.3, 0.4) is 0 Å². The molecule has 4 heteroatoms. The predicted molar refractivity (Wildman–Crippen MR) is 46.6 cm³/mol. The largest absolute Gasteiger partial charge is 0.229 e. The van der Waals surface area contributed by atoms with E-state index in [1.54, 1.807) is 0 Å². The summed E-state index contributed by atoms with van der Waals surface area (Å²) in [6.07, 6.45) is 0.802. The Hall–Kier alpha value is 0.240. The van der Waals surface area contributed by atoms with E-state index in [0.717, 1.165) is 6.42 Å². The second-order valence-corrected chi connectivity index (χ2v) is 5.83. The fourth-order valence-corrected chi connectivity index (χ4v) is 3.63. The van der Waals surface area contributed by atoms with Gasteiger partial charge in [0, 0.05) is 5.88 Å². The molecule has 0 amide bonds. The summed E-state index contributed by atoms with van der Waals surface area (Å²) in [5.74, 6) is 1.92. The van der Waals surface area contributed by atoms with Crippen LogP contribution in [-0.2, 0) is 9.84 Å². The molecule has 11 heavy (non-hydrogen) atoms. The van der Waals surface area contributed by atoms with E-state index in [1.807, 2.05) is 6.92 Å². The lowest BCUT2D eigenvalue weighted by Gasteiger charge is -2.13. The first-order valence-corrected chi connectivity index (χ1v) is 6.17. The lowest BCUT2D eigenvalue weighted by Crippen LogP contribution is -2.14. The maximum Gasteiger partial charge on any atom is 0.150 e. The fourth-order valence-electron chi connectivity index (χ4n) is 1.40. The van der Waals surface area contributed by atoms with Gasteiger partial charge in [0.25, 0.3) is 0 Å². The van der Waals surface area contributed by atoms with Gasteiger partial charge in [-0.2, -0.15) is 0 Å². The molecule has 1 rings (SSSR count). The highest BCUT2D eigenvalue weighted by molar-refractivity contribution is 7.91. The molecule has 2 nitrogen and oxygen atoms in total. The molecule has 1 aliphatic rings. The van der Waals surface area contributed by atoms with Gasteiger partial charge in [0.1, 0.15) is 0 Å². The number of alkyl halides is 1. The monoisotopic (exact) mass is 196 g/mol. The van der Waals surface area contributed by atoms with Crippen LogP contribution >= 0.6 is 11.6 Å². The number of sulfone groups is 1. The Kier molecular flexibility index (Phi) is 2.81. The van der Waals surface area contributed by atoms with E-state index in [-0.39, 0.29) is 0 Å².